The Morgan fingerprint density at radius 2 is 1.52 bits per heavy atom. The van der Waals surface area contributed by atoms with Gasteiger partial charge in [0, 0.05) is 14.5 Å². The van der Waals surface area contributed by atoms with Crippen LogP contribution in [0.4, 0.5) is 42.1 Å². The number of nitrogens with one attached hydrogen (secondary N) is 1. The molecule has 0 saturated carbocycles. The highest BCUT2D eigenvalue weighted by molar-refractivity contribution is 9.11. The van der Waals surface area contributed by atoms with Crippen LogP contribution in [0.5, 0.6) is 0 Å². The SMILES string of the molecule is O=C=Nc1cccc(C(=O)Nc2c(Br)cc(S(=O)(=O)C(F)(F)C(F)(F)C(F)(F)F)cc2Br)c1. The van der Waals surface area contributed by atoms with Gasteiger partial charge in [-0.3, -0.25) is 4.79 Å². The van der Waals surface area contributed by atoms with Crippen molar-refractivity contribution in [1.29, 1.82) is 0 Å². The van der Waals surface area contributed by atoms with Crippen molar-refractivity contribution in [2.75, 3.05) is 5.32 Å². The molecule has 1 amide bonds. The second kappa shape index (κ2) is 9.16. The van der Waals surface area contributed by atoms with E-state index in [0.29, 0.717) is 12.1 Å². The van der Waals surface area contributed by atoms with E-state index in [9.17, 15) is 48.7 Å². The molecule has 2 rings (SSSR count). The van der Waals surface area contributed by atoms with Crippen LogP contribution in [0.25, 0.3) is 0 Å². The van der Waals surface area contributed by atoms with Crippen molar-refractivity contribution >= 4 is 65.1 Å². The predicted molar refractivity (Wildman–Crippen MR) is 107 cm³/mol. The standard InChI is InChI=1S/C17H7Br2F7N2O4S/c18-11-5-10(33(31,32)17(25,26)15(20,21)16(22,23)24)6-12(19)13(11)28-14(30)8-2-1-3-9(4-8)27-7-29/h1-6H,(H,28,30). The maximum atomic E-state index is 13.9. The topological polar surface area (TPSA) is 92.7 Å². The van der Waals surface area contributed by atoms with Gasteiger partial charge in [0.15, 0.2) is 0 Å². The molecule has 0 aliphatic rings. The van der Waals surface area contributed by atoms with E-state index in [0.717, 1.165) is 0 Å². The molecular formula is C17H7Br2F7N2O4S. The zero-order valence-electron chi connectivity index (χ0n) is 15.4. The fourth-order valence-electron chi connectivity index (χ4n) is 2.26. The zero-order valence-corrected chi connectivity index (χ0v) is 19.3. The minimum absolute atomic E-state index is 0.0571. The number of rotatable bonds is 6. The van der Waals surface area contributed by atoms with Crippen LogP contribution in [0.1, 0.15) is 10.4 Å². The van der Waals surface area contributed by atoms with E-state index < -0.39 is 46.9 Å². The van der Waals surface area contributed by atoms with Crippen molar-refractivity contribution in [3.05, 3.63) is 50.9 Å². The van der Waals surface area contributed by atoms with Crippen LogP contribution in [-0.4, -0.2) is 37.8 Å². The molecule has 0 unspecified atom stereocenters. The third kappa shape index (κ3) is 4.98. The molecule has 0 fully saturated rings. The fourth-order valence-corrected chi connectivity index (χ4v) is 5.24. The number of isocyanates is 1. The maximum absolute atomic E-state index is 13.9. The molecule has 0 spiro atoms. The lowest BCUT2D eigenvalue weighted by molar-refractivity contribution is -0.332. The van der Waals surface area contributed by atoms with E-state index in [1.54, 1.807) is 0 Å². The van der Waals surface area contributed by atoms with Crippen molar-refractivity contribution in [2.45, 2.75) is 22.2 Å². The number of sulfone groups is 1. The monoisotopic (exact) mass is 626 g/mol. The van der Waals surface area contributed by atoms with Crippen LogP contribution in [0.3, 0.4) is 0 Å². The van der Waals surface area contributed by atoms with Crippen molar-refractivity contribution in [3.8, 4) is 0 Å². The lowest BCUT2D eigenvalue weighted by Gasteiger charge is -2.28. The molecule has 0 aliphatic heterocycles. The number of carbonyl (C=O) groups excluding carboxylic acids is 2. The van der Waals surface area contributed by atoms with E-state index in [2.05, 4.69) is 42.2 Å². The molecular weight excluding hydrogens is 621 g/mol. The molecule has 0 bridgehead atoms. The van der Waals surface area contributed by atoms with Gasteiger partial charge in [0.1, 0.15) is 0 Å². The number of benzene rings is 2. The molecule has 16 heteroatoms. The quantitative estimate of drug-likeness (QED) is 0.242. The summed E-state index contributed by atoms with van der Waals surface area (Å²) in [6, 6.07) is 5.82. The Bertz CT molecular complexity index is 1240. The largest absolute Gasteiger partial charge is 0.461 e. The number of alkyl halides is 7. The lowest BCUT2D eigenvalue weighted by atomic mass is 10.2. The van der Waals surface area contributed by atoms with Crippen LogP contribution in [0.15, 0.2) is 55.2 Å². The smallest absolute Gasteiger partial charge is 0.320 e. The van der Waals surface area contributed by atoms with Crippen LogP contribution in [-0.2, 0) is 14.6 Å². The molecule has 2 aromatic rings. The first-order valence-electron chi connectivity index (χ1n) is 8.02. The molecule has 0 aliphatic carbocycles. The summed E-state index contributed by atoms with van der Waals surface area (Å²) in [4.78, 5) is 24.4. The van der Waals surface area contributed by atoms with Crippen LogP contribution < -0.4 is 5.32 Å². The number of amides is 1. The summed E-state index contributed by atoms with van der Waals surface area (Å²) in [5.41, 5.74) is -0.266. The Hall–Kier alpha value is -2.29. The first-order valence-corrected chi connectivity index (χ1v) is 11.1. The van der Waals surface area contributed by atoms with Gasteiger partial charge in [0.2, 0.25) is 15.9 Å². The van der Waals surface area contributed by atoms with Gasteiger partial charge >= 0.3 is 17.4 Å². The number of hydrogen-bond acceptors (Lipinski definition) is 5. The van der Waals surface area contributed by atoms with Crippen LogP contribution in [0.2, 0.25) is 0 Å². The summed E-state index contributed by atoms with van der Waals surface area (Å²) in [5, 5.41) is -4.29. The molecule has 0 saturated heterocycles. The fraction of sp³-hybridized carbons (Fsp3) is 0.176. The molecule has 33 heavy (non-hydrogen) atoms. The van der Waals surface area contributed by atoms with Crippen LogP contribution in [0, 0.1) is 0 Å². The average Bonchev–Trinajstić information content (AvgIpc) is 2.69. The summed E-state index contributed by atoms with van der Waals surface area (Å²) >= 11 is 5.51. The van der Waals surface area contributed by atoms with Gasteiger partial charge in [0.25, 0.3) is 5.91 Å². The third-order valence-electron chi connectivity index (χ3n) is 3.91. The van der Waals surface area contributed by atoms with Crippen molar-refractivity contribution in [1.82, 2.24) is 0 Å². The minimum Gasteiger partial charge on any atom is -0.320 e. The Morgan fingerprint density at radius 3 is 2.00 bits per heavy atom. The summed E-state index contributed by atoms with van der Waals surface area (Å²) < 4.78 is 115. The number of hydrogen-bond donors (Lipinski definition) is 1. The number of anilines is 1. The molecule has 1 N–H and O–H groups in total. The van der Waals surface area contributed by atoms with Gasteiger partial charge in [-0.1, -0.05) is 6.07 Å². The number of nitrogens with zero attached hydrogens (tertiary/aromatic N) is 1. The van der Waals surface area contributed by atoms with Gasteiger partial charge < -0.3 is 5.32 Å². The molecule has 0 atom stereocenters. The molecule has 0 heterocycles. The van der Waals surface area contributed by atoms with Gasteiger partial charge in [-0.15, -0.1) is 0 Å². The van der Waals surface area contributed by atoms with Crippen molar-refractivity contribution < 1.29 is 48.7 Å². The Kier molecular flexibility index (Phi) is 7.48. The van der Waals surface area contributed by atoms with Crippen LogP contribution >= 0.6 is 31.9 Å². The van der Waals surface area contributed by atoms with E-state index in [4.69, 9.17) is 0 Å². The number of carbonyl (C=O) groups is 1. The normalized spacial score (nSPS) is 12.8. The molecule has 6 nitrogen and oxygen atoms in total. The van der Waals surface area contributed by atoms with E-state index >= 15 is 0 Å². The minimum atomic E-state index is -6.89. The number of halogens is 9. The molecule has 0 aromatic heterocycles. The van der Waals surface area contributed by atoms with Gasteiger partial charge in [0.05, 0.1) is 16.3 Å². The highest BCUT2D eigenvalue weighted by Crippen LogP contribution is 2.51. The van der Waals surface area contributed by atoms with E-state index in [1.807, 2.05) is 0 Å². The van der Waals surface area contributed by atoms with E-state index in [-0.39, 0.29) is 16.9 Å². The van der Waals surface area contributed by atoms with Gasteiger partial charge in [-0.05, 0) is 62.2 Å². The highest BCUT2D eigenvalue weighted by atomic mass is 79.9. The Balaban J connectivity index is 2.48. The first kappa shape index (κ1) is 27.0. The Morgan fingerprint density at radius 1 is 0.970 bits per heavy atom. The highest BCUT2D eigenvalue weighted by Gasteiger charge is 2.78. The molecule has 178 valence electrons. The van der Waals surface area contributed by atoms with Gasteiger partial charge in [-0.2, -0.15) is 35.7 Å². The second-order valence-corrected chi connectivity index (χ2v) is 9.76. The Labute approximate surface area is 197 Å². The third-order valence-corrected chi connectivity index (χ3v) is 6.95. The first-order chi connectivity index (χ1) is 15.0. The lowest BCUT2D eigenvalue weighted by Crippen LogP contribution is -2.55. The summed E-state index contributed by atoms with van der Waals surface area (Å²) in [5.74, 6) is -7.75. The summed E-state index contributed by atoms with van der Waals surface area (Å²) in [6.45, 7) is 0. The molecule has 2 aromatic carbocycles. The van der Waals surface area contributed by atoms with E-state index in [1.165, 1.54) is 30.3 Å². The predicted octanol–water partition coefficient (Wildman–Crippen LogP) is 6.00. The molecule has 0 radical (unpaired) electrons. The van der Waals surface area contributed by atoms with Gasteiger partial charge in [-0.25, -0.2) is 13.2 Å². The summed E-state index contributed by atoms with van der Waals surface area (Å²) in [6.07, 6.45) is -5.60. The summed E-state index contributed by atoms with van der Waals surface area (Å²) in [7, 11) is -6.56. The zero-order chi connectivity index (χ0) is 25.4. The average molecular weight is 628 g/mol. The van der Waals surface area contributed by atoms with Crippen molar-refractivity contribution in [3.63, 3.8) is 0 Å². The number of aliphatic imine (C=N–C) groups is 1. The van der Waals surface area contributed by atoms with Crippen molar-refractivity contribution in [2.24, 2.45) is 4.99 Å². The second-order valence-electron chi connectivity index (χ2n) is 6.06. The maximum Gasteiger partial charge on any atom is 0.461 e.